The van der Waals surface area contributed by atoms with Crippen molar-refractivity contribution in [1.29, 1.82) is 0 Å². The molecule has 2 unspecified atom stereocenters. The molecule has 0 radical (unpaired) electrons. The first-order chi connectivity index (χ1) is 19.4. The lowest BCUT2D eigenvalue weighted by atomic mass is 9.85. The largest absolute Gasteiger partial charge is 0.399 e. The third-order valence-electron chi connectivity index (χ3n) is 7.00. The molecule has 2 aromatic heterocycles. The summed E-state index contributed by atoms with van der Waals surface area (Å²) in [5, 5.41) is 6.24. The molecule has 1 aromatic carbocycles. The molecule has 0 saturated carbocycles. The van der Waals surface area contributed by atoms with Crippen molar-refractivity contribution >= 4 is 63.2 Å². The summed E-state index contributed by atoms with van der Waals surface area (Å²) in [5.74, 6) is -1.12. The monoisotopic (exact) mass is 642 g/mol. The van der Waals surface area contributed by atoms with Gasteiger partial charge in [0.15, 0.2) is 5.13 Å². The Morgan fingerprint density at radius 1 is 1.14 bits per heavy atom. The Labute approximate surface area is 249 Å². The third kappa shape index (κ3) is 6.57. The van der Waals surface area contributed by atoms with E-state index in [1.54, 1.807) is 27.0 Å². The Hall–Kier alpha value is -2.77. The predicted octanol–water partition coefficient (Wildman–Crippen LogP) is 5.48. The molecule has 228 valence electrons. The van der Waals surface area contributed by atoms with Crippen LogP contribution in [-0.2, 0) is 19.8 Å². The molecular formula is C27H33F2N4O6PS2. The zero-order valence-corrected chi connectivity index (χ0v) is 26.2. The highest BCUT2D eigenvalue weighted by atomic mass is 32.1. The van der Waals surface area contributed by atoms with Crippen LogP contribution in [0.15, 0.2) is 30.5 Å². The minimum Gasteiger partial charge on any atom is -0.339 e. The average molecular weight is 643 g/mol. The molecule has 2 atom stereocenters. The van der Waals surface area contributed by atoms with Crippen LogP contribution in [0.3, 0.4) is 0 Å². The van der Waals surface area contributed by atoms with E-state index >= 15 is 0 Å². The summed E-state index contributed by atoms with van der Waals surface area (Å²) in [4.78, 5) is 65.3. The number of alkyl halides is 2. The van der Waals surface area contributed by atoms with E-state index in [2.05, 4.69) is 15.6 Å². The number of fused-ring (bicyclic) bond motifs is 1. The van der Waals surface area contributed by atoms with Crippen molar-refractivity contribution in [3.05, 3.63) is 45.8 Å². The number of hydrogen-bond donors (Lipinski definition) is 4. The van der Waals surface area contributed by atoms with Crippen LogP contribution in [0, 0.1) is 5.41 Å². The maximum atomic E-state index is 14.2. The minimum absolute atomic E-state index is 0.129. The number of thiophene rings is 1. The number of rotatable bonds is 8. The van der Waals surface area contributed by atoms with Gasteiger partial charge in [-0.25, -0.2) is 4.98 Å². The molecule has 1 fully saturated rings. The van der Waals surface area contributed by atoms with Crippen LogP contribution in [0.4, 0.5) is 13.9 Å². The second-order valence-electron chi connectivity index (χ2n) is 11.6. The number of amides is 3. The highest BCUT2D eigenvalue weighted by Gasteiger charge is 2.50. The van der Waals surface area contributed by atoms with Gasteiger partial charge in [0.25, 0.3) is 5.91 Å². The molecular weight excluding hydrogens is 609 g/mol. The topological polar surface area (TPSA) is 149 Å². The molecule has 4 N–H and O–H groups in total. The van der Waals surface area contributed by atoms with Crippen LogP contribution >= 0.6 is 30.3 Å². The van der Waals surface area contributed by atoms with Crippen molar-refractivity contribution in [2.75, 3.05) is 11.9 Å². The van der Waals surface area contributed by atoms with E-state index in [0.717, 1.165) is 28.3 Å². The Morgan fingerprint density at radius 3 is 2.43 bits per heavy atom. The lowest BCUT2D eigenvalue weighted by molar-refractivity contribution is -0.140. The Kier molecular flexibility index (Phi) is 8.97. The zero-order valence-electron chi connectivity index (χ0n) is 23.7. The fourth-order valence-electron chi connectivity index (χ4n) is 4.63. The number of anilines is 1. The van der Waals surface area contributed by atoms with Crippen LogP contribution in [0.5, 0.6) is 0 Å². The standard InChI is InChI=1S/C27H33F2N4O6PS2/c1-14(2)20-13-30-25(42-20)32-22(34)17-7-6-10-33(17)24(36)21(26(3,4)5)31-23(35)19-12-15-11-16(8-9-18(15)41-19)27(28,29)40(37,38)39/h8-9,11-14,17,21H,6-7,10H2,1-5H3,(H,31,35)(H,30,32,34)(H2,37,38,39). The molecule has 1 aliphatic heterocycles. The number of nitrogens with one attached hydrogen (secondary N) is 2. The van der Waals surface area contributed by atoms with Gasteiger partial charge < -0.3 is 25.3 Å². The van der Waals surface area contributed by atoms with E-state index in [1.165, 1.54) is 28.4 Å². The van der Waals surface area contributed by atoms with Gasteiger partial charge in [-0.1, -0.05) is 40.7 Å². The van der Waals surface area contributed by atoms with Gasteiger partial charge in [-0.2, -0.15) is 8.78 Å². The fraction of sp³-hybridized carbons (Fsp3) is 0.481. The lowest BCUT2D eigenvalue weighted by Crippen LogP contribution is -2.57. The van der Waals surface area contributed by atoms with Gasteiger partial charge in [-0.05, 0) is 47.8 Å². The van der Waals surface area contributed by atoms with Gasteiger partial charge in [0.2, 0.25) is 11.8 Å². The summed E-state index contributed by atoms with van der Waals surface area (Å²) in [7, 11) is -5.76. The number of halogens is 2. The quantitative estimate of drug-likeness (QED) is 0.238. The molecule has 42 heavy (non-hydrogen) atoms. The Morgan fingerprint density at radius 2 is 1.83 bits per heavy atom. The minimum atomic E-state index is -5.76. The number of carbonyl (C=O) groups excluding carboxylic acids is 3. The van der Waals surface area contributed by atoms with E-state index in [4.69, 9.17) is 9.79 Å². The van der Waals surface area contributed by atoms with Crippen LogP contribution in [0.25, 0.3) is 10.1 Å². The van der Waals surface area contributed by atoms with Gasteiger partial charge in [-0.15, -0.1) is 22.7 Å². The molecule has 3 amide bonds. The van der Waals surface area contributed by atoms with E-state index < -0.39 is 48.1 Å². The maximum Gasteiger partial charge on any atom is 0.399 e. The maximum absolute atomic E-state index is 14.2. The molecule has 15 heteroatoms. The number of hydrogen-bond acceptors (Lipinski definition) is 7. The molecule has 0 aliphatic carbocycles. The van der Waals surface area contributed by atoms with Crippen molar-refractivity contribution in [2.45, 2.75) is 71.1 Å². The van der Waals surface area contributed by atoms with Crippen molar-refractivity contribution in [3.8, 4) is 0 Å². The lowest BCUT2D eigenvalue weighted by Gasteiger charge is -2.35. The van der Waals surface area contributed by atoms with Crippen molar-refractivity contribution in [2.24, 2.45) is 5.41 Å². The highest BCUT2D eigenvalue weighted by molar-refractivity contribution is 7.52. The van der Waals surface area contributed by atoms with Crippen LogP contribution in [-0.4, -0.2) is 56.0 Å². The second kappa shape index (κ2) is 11.7. The van der Waals surface area contributed by atoms with E-state index in [9.17, 15) is 27.7 Å². The number of likely N-dealkylation sites (tertiary alicyclic amines) is 1. The number of thiazole rings is 1. The molecule has 3 aromatic rings. The predicted molar refractivity (Wildman–Crippen MR) is 158 cm³/mol. The van der Waals surface area contributed by atoms with Gasteiger partial charge >= 0.3 is 13.3 Å². The summed E-state index contributed by atoms with van der Waals surface area (Å²) in [6, 6.07) is 2.71. The molecule has 4 rings (SSSR count). The van der Waals surface area contributed by atoms with E-state index in [1.807, 2.05) is 13.8 Å². The average Bonchev–Trinajstić information content (AvgIpc) is 3.64. The second-order valence-corrected chi connectivity index (χ2v) is 15.4. The summed E-state index contributed by atoms with van der Waals surface area (Å²) in [6.07, 6.45) is 2.79. The molecule has 1 aliphatic rings. The van der Waals surface area contributed by atoms with Gasteiger partial charge in [0.1, 0.15) is 12.1 Å². The number of nitrogens with zero attached hydrogens (tertiary/aromatic N) is 2. The molecule has 10 nitrogen and oxygen atoms in total. The van der Waals surface area contributed by atoms with Gasteiger partial charge in [-0.3, -0.25) is 18.9 Å². The molecule has 0 spiro atoms. The number of benzene rings is 1. The van der Waals surface area contributed by atoms with Gasteiger partial charge in [0.05, 0.1) is 4.88 Å². The van der Waals surface area contributed by atoms with Crippen LogP contribution < -0.4 is 10.6 Å². The van der Waals surface area contributed by atoms with E-state index in [-0.39, 0.29) is 22.1 Å². The number of carbonyl (C=O) groups is 3. The van der Waals surface area contributed by atoms with E-state index in [0.29, 0.717) is 29.2 Å². The summed E-state index contributed by atoms with van der Waals surface area (Å²) < 4.78 is 40.2. The summed E-state index contributed by atoms with van der Waals surface area (Å²) in [6.45, 7) is 9.74. The van der Waals surface area contributed by atoms with Crippen molar-refractivity contribution < 1.29 is 37.5 Å². The molecule has 3 heterocycles. The summed E-state index contributed by atoms with van der Waals surface area (Å²) in [5.41, 5.74) is -6.00. The first-order valence-electron chi connectivity index (χ1n) is 13.3. The Balaban J connectivity index is 1.53. The van der Waals surface area contributed by atoms with Crippen molar-refractivity contribution in [1.82, 2.24) is 15.2 Å². The fourth-order valence-corrected chi connectivity index (χ4v) is 6.87. The highest BCUT2D eigenvalue weighted by Crippen LogP contribution is 2.59. The van der Waals surface area contributed by atoms with Crippen LogP contribution in [0.1, 0.15) is 73.5 Å². The first-order valence-corrected chi connectivity index (χ1v) is 16.5. The van der Waals surface area contributed by atoms with Gasteiger partial charge in [0, 0.05) is 27.9 Å². The summed E-state index contributed by atoms with van der Waals surface area (Å²) >= 11 is 2.37. The smallest absolute Gasteiger partial charge is 0.339 e. The number of aromatic nitrogens is 1. The Bertz CT molecular complexity index is 1560. The molecule has 0 bridgehead atoms. The zero-order chi connectivity index (χ0) is 31.2. The normalized spacial score (nSPS) is 17.1. The molecule has 1 saturated heterocycles. The third-order valence-corrected chi connectivity index (χ3v) is 10.3. The van der Waals surface area contributed by atoms with Crippen molar-refractivity contribution in [3.63, 3.8) is 0 Å². The SMILES string of the molecule is CC(C)c1cnc(NC(=O)C2CCCN2C(=O)C(NC(=O)c2cc3cc(C(F)(F)P(=O)(O)O)ccc3s2)C(C)(C)C)s1. The first kappa shape index (κ1) is 32.2. The van der Waals surface area contributed by atoms with Crippen LogP contribution in [0.2, 0.25) is 0 Å².